The van der Waals surface area contributed by atoms with Crippen molar-refractivity contribution >= 4 is 27.3 Å². The molecule has 23 heavy (non-hydrogen) atoms. The minimum Gasteiger partial charge on any atom is -0.465 e. The number of aryl methyl sites for hydroxylation is 2. The van der Waals surface area contributed by atoms with Gasteiger partial charge in [0.05, 0.1) is 22.6 Å². The number of thiazole rings is 1. The molecule has 0 bridgehead atoms. The lowest BCUT2D eigenvalue weighted by Crippen LogP contribution is -2.26. The zero-order valence-corrected chi connectivity index (χ0v) is 14.8. The highest BCUT2D eigenvalue weighted by Gasteiger charge is 2.18. The predicted molar refractivity (Wildman–Crippen MR) is 88.3 cm³/mol. The number of sulfonamides is 1. The summed E-state index contributed by atoms with van der Waals surface area (Å²) in [4.78, 5) is 15.9. The van der Waals surface area contributed by atoms with Crippen LogP contribution in [-0.4, -0.2) is 33.0 Å². The van der Waals surface area contributed by atoms with Crippen LogP contribution < -0.4 is 4.72 Å². The second kappa shape index (κ2) is 7.20. The van der Waals surface area contributed by atoms with E-state index in [1.54, 1.807) is 6.92 Å². The van der Waals surface area contributed by atoms with Gasteiger partial charge in [-0.25, -0.2) is 22.9 Å². The molecule has 0 aliphatic rings. The number of nitrogens with one attached hydrogen (secondary N) is 1. The van der Waals surface area contributed by atoms with Gasteiger partial charge in [-0.3, -0.25) is 0 Å². The van der Waals surface area contributed by atoms with E-state index in [2.05, 4.69) is 14.4 Å². The van der Waals surface area contributed by atoms with Crippen molar-refractivity contribution in [3.63, 3.8) is 0 Å². The molecule has 1 aromatic heterocycles. The van der Waals surface area contributed by atoms with E-state index < -0.39 is 16.0 Å². The molecule has 0 aliphatic heterocycles. The Morgan fingerprint density at radius 2 is 2.09 bits per heavy atom. The SMILES string of the molecule is COC(=O)c1ccc(S(=O)(=O)NCCc2nc(C)cs2)c(C)c1. The number of esters is 1. The molecule has 1 heterocycles. The van der Waals surface area contributed by atoms with Gasteiger partial charge in [0, 0.05) is 24.0 Å². The minimum atomic E-state index is -3.63. The second-order valence-corrected chi connectivity index (χ2v) is 7.68. The summed E-state index contributed by atoms with van der Waals surface area (Å²) in [6.45, 7) is 3.81. The zero-order valence-electron chi connectivity index (χ0n) is 13.1. The van der Waals surface area contributed by atoms with E-state index in [1.807, 2.05) is 12.3 Å². The molecule has 0 saturated heterocycles. The summed E-state index contributed by atoms with van der Waals surface area (Å²) in [5, 5.41) is 2.82. The Morgan fingerprint density at radius 1 is 1.35 bits per heavy atom. The first-order valence-electron chi connectivity index (χ1n) is 6.93. The molecule has 1 N–H and O–H groups in total. The van der Waals surface area contributed by atoms with E-state index in [4.69, 9.17) is 0 Å². The van der Waals surface area contributed by atoms with Crippen molar-refractivity contribution in [1.29, 1.82) is 0 Å². The van der Waals surface area contributed by atoms with Gasteiger partial charge in [-0.2, -0.15) is 0 Å². The lowest BCUT2D eigenvalue weighted by molar-refractivity contribution is 0.0600. The lowest BCUT2D eigenvalue weighted by atomic mass is 10.1. The van der Waals surface area contributed by atoms with E-state index in [9.17, 15) is 13.2 Å². The number of methoxy groups -OCH3 is 1. The second-order valence-electron chi connectivity index (χ2n) is 5.00. The van der Waals surface area contributed by atoms with Gasteiger partial charge in [0.15, 0.2) is 0 Å². The van der Waals surface area contributed by atoms with Crippen molar-refractivity contribution in [2.24, 2.45) is 0 Å². The van der Waals surface area contributed by atoms with Gasteiger partial charge in [-0.05, 0) is 37.6 Å². The predicted octanol–water partition coefficient (Wildman–Crippen LogP) is 2.07. The molecule has 6 nitrogen and oxygen atoms in total. The first kappa shape index (κ1) is 17.6. The summed E-state index contributed by atoms with van der Waals surface area (Å²) in [5.74, 6) is -0.496. The third-order valence-electron chi connectivity index (χ3n) is 3.18. The number of carbonyl (C=O) groups excluding carboxylic acids is 1. The standard InChI is InChI=1S/C15H18N2O4S2/c1-10-8-12(15(18)21-3)4-5-13(10)23(19,20)16-7-6-14-17-11(2)9-22-14/h4-5,8-9,16H,6-7H2,1-3H3. The summed E-state index contributed by atoms with van der Waals surface area (Å²) in [6.07, 6.45) is 0.539. The lowest BCUT2D eigenvalue weighted by Gasteiger charge is -2.10. The van der Waals surface area contributed by atoms with E-state index in [0.717, 1.165) is 10.7 Å². The maximum atomic E-state index is 12.4. The third kappa shape index (κ3) is 4.37. The van der Waals surface area contributed by atoms with Crippen molar-refractivity contribution in [1.82, 2.24) is 9.71 Å². The average Bonchev–Trinajstić information content (AvgIpc) is 2.91. The number of benzene rings is 1. The van der Waals surface area contributed by atoms with E-state index in [1.165, 1.54) is 36.6 Å². The minimum absolute atomic E-state index is 0.153. The van der Waals surface area contributed by atoms with Crippen LogP contribution in [0.5, 0.6) is 0 Å². The molecule has 1 aromatic carbocycles. The molecule has 0 amide bonds. The van der Waals surface area contributed by atoms with Crippen LogP contribution in [0.15, 0.2) is 28.5 Å². The van der Waals surface area contributed by atoms with Crippen LogP contribution in [0.3, 0.4) is 0 Å². The molecule has 8 heteroatoms. The number of ether oxygens (including phenoxy) is 1. The Morgan fingerprint density at radius 3 is 2.65 bits per heavy atom. The summed E-state index contributed by atoms with van der Waals surface area (Å²) in [6, 6.07) is 4.36. The third-order valence-corrected chi connectivity index (χ3v) is 5.83. The Bertz CT molecular complexity index is 813. The highest BCUT2D eigenvalue weighted by atomic mass is 32.2. The van der Waals surface area contributed by atoms with Crippen molar-refractivity contribution in [2.75, 3.05) is 13.7 Å². The maximum absolute atomic E-state index is 12.4. The van der Waals surface area contributed by atoms with Gasteiger partial charge >= 0.3 is 5.97 Å². The fourth-order valence-corrected chi connectivity index (χ4v) is 4.12. The van der Waals surface area contributed by atoms with Gasteiger partial charge < -0.3 is 4.74 Å². The Labute approximate surface area is 139 Å². The smallest absolute Gasteiger partial charge is 0.337 e. The first-order valence-corrected chi connectivity index (χ1v) is 9.29. The van der Waals surface area contributed by atoms with Crippen molar-refractivity contribution < 1.29 is 17.9 Å². The molecule has 0 atom stereocenters. The molecule has 124 valence electrons. The van der Waals surface area contributed by atoms with Gasteiger partial charge in [-0.1, -0.05) is 0 Å². The van der Waals surface area contributed by atoms with Crippen molar-refractivity contribution in [3.05, 3.63) is 45.4 Å². The Kier molecular flexibility index (Phi) is 5.51. The number of hydrogen-bond acceptors (Lipinski definition) is 6. The van der Waals surface area contributed by atoms with Gasteiger partial charge in [0.25, 0.3) is 0 Å². The monoisotopic (exact) mass is 354 g/mol. The van der Waals surface area contributed by atoms with Crippen LogP contribution in [0.1, 0.15) is 26.6 Å². The maximum Gasteiger partial charge on any atom is 0.337 e. The number of aromatic nitrogens is 1. The Balaban J connectivity index is 2.08. The molecule has 0 aliphatic carbocycles. The molecular formula is C15H18N2O4S2. The molecule has 0 saturated carbocycles. The van der Waals surface area contributed by atoms with Crippen molar-refractivity contribution in [3.8, 4) is 0 Å². The van der Waals surface area contributed by atoms with Crippen LogP contribution in [0.25, 0.3) is 0 Å². The Hall–Kier alpha value is -1.77. The van der Waals surface area contributed by atoms with Crippen LogP contribution in [-0.2, 0) is 21.2 Å². The van der Waals surface area contributed by atoms with E-state index in [-0.39, 0.29) is 11.4 Å². The van der Waals surface area contributed by atoms with Gasteiger partial charge in [-0.15, -0.1) is 11.3 Å². The number of nitrogens with zero attached hydrogens (tertiary/aromatic N) is 1. The van der Waals surface area contributed by atoms with E-state index in [0.29, 0.717) is 17.5 Å². The normalized spacial score (nSPS) is 11.4. The quantitative estimate of drug-likeness (QED) is 0.803. The van der Waals surface area contributed by atoms with Gasteiger partial charge in [0.2, 0.25) is 10.0 Å². The van der Waals surface area contributed by atoms with Crippen LogP contribution in [0.4, 0.5) is 0 Å². The number of carbonyl (C=O) groups is 1. The topological polar surface area (TPSA) is 85.4 Å². The molecule has 2 rings (SSSR count). The van der Waals surface area contributed by atoms with Crippen LogP contribution in [0, 0.1) is 13.8 Å². The molecule has 0 fully saturated rings. The highest BCUT2D eigenvalue weighted by Crippen LogP contribution is 2.17. The fourth-order valence-electron chi connectivity index (χ4n) is 2.08. The largest absolute Gasteiger partial charge is 0.465 e. The first-order chi connectivity index (χ1) is 10.8. The molecule has 0 radical (unpaired) electrons. The number of rotatable bonds is 6. The summed E-state index contributed by atoms with van der Waals surface area (Å²) < 4.78 is 31.9. The van der Waals surface area contributed by atoms with Crippen molar-refractivity contribution in [2.45, 2.75) is 25.2 Å². The van der Waals surface area contributed by atoms with Crippen LogP contribution >= 0.6 is 11.3 Å². The molecule has 0 spiro atoms. The average molecular weight is 354 g/mol. The summed E-state index contributed by atoms with van der Waals surface area (Å²) in [5.41, 5.74) is 1.75. The molecular weight excluding hydrogens is 336 g/mol. The van der Waals surface area contributed by atoms with Crippen LogP contribution in [0.2, 0.25) is 0 Å². The zero-order chi connectivity index (χ0) is 17.0. The summed E-state index contributed by atoms with van der Waals surface area (Å²) >= 11 is 1.51. The highest BCUT2D eigenvalue weighted by molar-refractivity contribution is 7.89. The fraction of sp³-hybridized carbons (Fsp3) is 0.333. The number of hydrogen-bond donors (Lipinski definition) is 1. The molecule has 2 aromatic rings. The molecule has 0 unspecified atom stereocenters. The van der Waals surface area contributed by atoms with Gasteiger partial charge in [0.1, 0.15) is 0 Å². The summed E-state index contributed by atoms with van der Waals surface area (Å²) in [7, 11) is -2.35. The van der Waals surface area contributed by atoms with E-state index >= 15 is 0 Å².